The first-order valence-corrected chi connectivity index (χ1v) is 7.25. The second-order valence-corrected chi connectivity index (χ2v) is 6.14. The summed E-state index contributed by atoms with van der Waals surface area (Å²) in [5.74, 6) is 0. The van der Waals surface area contributed by atoms with E-state index in [9.17, 15) is 13.6 Å². The van der Waals surface area contributed by atoms with Crippen LogP contribution in [0.1, 0.15) is 39.3 Å². The number of carbonyl (C=O) groups excluding carboxylic acids is 1. The molecule has 2 unspecified atom stereocenters. The Balaban J connectivity index is 2.73. The Bertz CT molecular complexity index is 461. The summed E-state index contributed by atoms with van der Waals surface area (Å²) in [7, 11) is 0. The summed E-state index contributed by atoms with van der Waals surface area (Å²) in [5.41, 5.74) is 0.206. The second kappa shape index (κ2) is 8.08. The van der Waals surface area contributed by atoms with Gasteiger partial charge < -0.3 is 15.4 Å². The van der Waals surface area contributed by atoms with Crippen LogP contribution in [-0.4, -0.2) is 30.7 Å². The van der Waals surface area contributed by atoms with Crippen LogP contribution in [0.15, 0.2) is 30.3 Å². The van der Waals surface area contributed by atoms with E-state index in [1.54, 1.807) is 20.8 Å². The lowest BCUT2D eigenvalue weighted by atomic mass is 10.1. The van der Waals surface area contributed by atoms with Crippen molar-refractivity contribution in [2.24, 2.45) is 0 Å². The number of ether oxygens (including phenoxy) is 1. The van der Waals surface area contributed by atoms with Gasteiger partial charge in [-0.15, -0.1) is 0 Å². The van der Waals surface area contributed by atoms with Gasteiger partial charge in [0, 0.05) is 6.54 Å². The summed E-state index contributed by atoms with van der Waals surface area (Å²) in [6.45, 7) is 6.89. The molecule has 1 aromatic rings. The molecule has 0 aromatic heterocycles. The highest BCUT2D eigenvalue weighted by molar-refractivity contribution is 5.68. The second-order valence-electron chi connectivity index (χ2n) is 6.14. The van der Waals surface area contributed by atoms with E-state index in [1.165, 1.54) is 6.92 Å². The molecule has 4 nitrogen and oxygen atoms in total. The maximum absolute atomic E-state index is 12.6. The van der Waals surface area contributed by atoms with Crippen molar-refractivity contribution < 1.29 is 18.3 Å². The molecule has 1 aromatic carbocycles. The van der Waals surface area contributed by atoms with Gasteiger partial charge in [0.15, 0.2) is 0 Å². The minimum atomic E-state index is -2.46. The minimum absolute atomic E-state index is 0.189. The summed E-state index contributed by atoms with van der Waals surface area (Å²) in [4.78, 5) is 11.9. The summed E-state index contributed by atoms with van der Waals surface area (Å²) < 4.78 is 30.4. The number of hydrogen-bond donors (Lipinski definition) is 2. The van der Waals surface area contributed by atoms with Crippen LogP contribution in [0.2, 0.25) is 0 Å². The van der Waals surface area contributed by atoms with Crippen molar-refractivity contribution in [2.75, 3.05) is 6.54 Å². The van der Waals surface area contributed by atoms with Crippen LogP contribution in [0.25, 0.3) is 0 Å². The van der Waals surface area contributed by atoms with Gasteiger partial charge in [-0.2, -0.15) is 0 Å². The molecule has 1 rings (SSSR count). The van der Waals surface area contributed by atoms with E-state index in [0.29, 0.717) is 0 Å². The maximum Gasteiger partial charge on any atom is 0.408 e. The van der Waals surface area contributed by atoms with Crippen molar-refractivity contribution >= 4 is 6.09 Å². The van der Waals surface area contributed by atoms with E-state index < -0.39 is 30.2 Å². The van der Waals surface area contributed by atoms with E-state index in [2.05, 4.69) is 10.6 Å². The quantitative estimate of drug-likeness (QED) is 0.845. The first kappa shape index (κ1) is 18.4. The molecule has 22 heavy (non-hydrogen) atoms. The summed E-state index contributed by atoms with van der Waals surface area (Å²) in [5, 5.41) is 5.44. The lowest BCUT2D eigenvalue weighted by Crippen LogP contribution is -2.42. The van der Waals surface area contributed by atoms with Crippen LogP contribution in [0, 0.1) is 0 Å². The standard InChI is InChI=1S/C16H24F2N2O2/c1-11(14(17)18)19-10-13(12-8-6-5-7-9-12)20-15(21)22-16(2,3)4/h5-9,11,13-14,19H,10H2,1-4H3,(H,20,21). The van der Waals surface area contributed by atoms with E-state index in [0.717, 1.165) is 5.56 Å². The zero-order valence-corrected chi connectivity index (χ0v) is 13.4. The van der Waals surface area contributed by atoms with Crippen LogP contribution in [0.3, 0.4) is 0 Å². The van der Waals surface area contributed by atoms with E-state index in [1.807, 2.05) is 30.3 Å². The average Bonchev–Trinajstić information content (AvgIpc) is 2.41. The molecule has 0 bridgehead atoms. The third kappa shape index (κ3) is 6.85. The molecule has 0 aliphatic rings. The number of alkyl halides is 2. The fourth-order valence-electron chi connectivity index (χ4n) is 1.78. The molecule has 0 radical (unpaired) electrons. The lowest BCUT2D eigenvalue weighted by Gasteiger charge is -2.25. The molecule has 0 saturated carbocycles. The molecule has 0 aliphatic heterocycles. The van der Waals surface area contributed by atoms with Gasteiger partial charge in [0.05, 0.1) is 12.1 Å². The Labute approximate surface area is 130 Å². The summed E-state index contributed by atoms with van der Waals surface area (Å²) in [6, 6.07) is 7.77. The van der Waals surface area contributed by atoms with Crippen LogP contribution in [0.4, 0.5) is 13.6 Å². The maximum atomic E-state index is 12.6. The summed E-state index contributed by atoms with van der Waals surface area (Å²) >= 11 is 0. The number of benzene rings is 1. The van der Waals surface area contributed by atoms with Gasteiger partial charge in [0.1, 0.15) is 5.60 Å². The van der Waals surface area contributed by atoms with Gasteiger partial charge in [-0.3, -0.25) is 0 Å². The fourth-order valence-corrected chi connectivity index (χ4v) is 1.78. The number of alkyl carbamates (subject to hydrolysis) is 1. The van der Waals surface area contributed by atoms with Crippen LogP contribution < -0.4 is 10.6 Å². The first-order valence-electron chi connectivity index (χ1n) is 7.25. The molecule has 124 valence electrons. The normalized spacial score (nSPS) is 14.5. The molecule has 0 saturated heterocycles. The molecule has 1 amide bonds. The lowest BCUT2D eigenvalue weighted by molar-refractivity contribution is 0.0498. The first-order chi connectivity index (χ1) is 10.2. The smallest absolute Gasteiger partial charge is 0.408 e. The SMILES string of the molecule is CC(NCC(NC(=O)OC(C)(C)C)c1ccccc1)C(F)F. The van der Waals surface area contributed by atoms with Crippen molar-refractivity contribution in [1.29, 1.82) is 0 Å². The highest BCUT2D eigenvalue weighted by Gasteiger charge is 2.22. The monoisotopic (exact) mass is 314 g/mol. The number of nitrogens with one attached hydrogen (secondary N) is 2. The Kier molecular flexibility index (Phi) is 6.74. The van der Waals surface area contributed by atoms with Gasteiger partial charge in [0.25, 0.3) is 6.43 Å². The fraction of sp³-hybridized carbons (Fsp3) is 0.562. The molecule has 0 aliphatic carbocycles. The van der Waals surface area contributed by atoms with Gasteiger partial charge in [-0.05, 0) is 33.3 Å². The Morgan fingerprint density at radius 2 is 1.82 bits per heavy atom. The van der Waals surface area contributed by atoms with Crippen LogP contribution >= 0.6 is 0 Å². The number of amides is 1. The largest absolute Gasteiger partial charge is 0.444 e. The molecule has 0 fully saturated rings. The van der Waals surface area contributed by atoms with Crippen molar-refractivity contribution in [1.82, 2.24) is 10.6 Å². The highest BCUT2D eigenvalue weighted by Crippen LogP contribution is 2.14. The molecular weight excluding hydrogens is 290 g/mol. The van der Waals surface area contributed by atoms with Crippen molar-refractivity contribution in [3.63, 3.8) is 0 Å². The van der Waals surface area contributed by atoms with E-state index >= 15 is 0 Å². The zero-order chi connectivity index (χ0) is 16.8. The van der Waals surface area contributed by atoms with E-state index in [4.69, 9.17) is 4.74 Å². The zero-order valence-electron chi connectivity index (χ0n) is 13.4. The number of halogens is 2. The van der Waals surface area contributed by atoms with Crippen molar-refractivity contribution in [3.05, 3.63) is 35.9 Å². The number of hydrogen-bond acceptors (Lipinski definition) is 3. The minimum Gasteiger partial charge on any atom is -0.444 e. The molecule has 0 heterocycles. The third-order valence-corrected chi connectivity index (χ3v) is 2.91. The number of carbonyl (C=O) groups is 1. The predicted octanol–water partition coefficient (Wildman–Crippen LogP) is 3.50. The van der Waals surface area contributed by atoms with Crippen molar-refractivity contribution in [3.8, 4) is 0 Å². The molecule has 2 N–H and O–H groups in total. The van der Waals surface area contributed by atoms with Gasteiger partial charge >= 0.3 is 6.09 Å². The number of rotatable bonds is 6. The van der Waals surface area contributed by atoms with Crippen LogP contribution in [0.5, 0.6) is 0 Å². The molecular formula is C16H24F2N2O2. The Morgan fingerprint density at radius 1 is 1.23 bits per heavy atom. The Morgan fingerprint density at radius 3 is 2.32 bits per heavy atom. The van der Waals surface area contributed by atoms with Gasteiger partial charge in [-0.25, -0.2) is 13.6 Å². The van der Waals surface area contributed by atoms with Crippen molar-refractivity contribution in [2.45, 2.75) is 51.8 Å². The molecule has 0 spiro atoms. The van der Waals surface area contributed by atoms with Crippen LogP contribution in [-0.2, 0) is 4.74 Å². The van der Waals surface area contributed by atoms with E-state index in [-0.39, 0.29) is 6.54 Å². The van der Waals surface area contributed by atoms with Gasteiger partial charge in [-0.1, -0.05) is 30.3 Å². The topological polar surface area (TPSA) is 50.4 Å². The molecule has 2 atom stereocenters. The molecule has 6 heteroatoms. The average molecular weight is 314 g/mol. The summed E-state index contributed by atoms with van der Waals surface area (Å²) in [6.07, 6.45) is -3.04. The predicted molar refractivity (Wildman–Crippen MR) is 82.0 cm³/mol. The highest BCUT2D eigenvalue weighted by atomic mass is 19.3. The third-order valence-electron chi connectivity index (χ3n) is 2.91. The van der Waals surface area contributed by atoms with Gasteiger partial charge in [0.2, 0.25) is 0 Å². The Hall–Kier alpha value is -1.69.